The molecule has 4 rings (SSSR count). The molecule has 2 aliphatic rings. The molecular formula is C19H22N4O3. The highest BCUT2D eigenvalue weighted by molar-refractivity contribution is 5.93. The zero-order valence-corrected chi connectivity index (χ0v) is 14.6. The fourth-order valence-corrected chi connectivity index (χ4v) is 3.95. The highest BCUT2D eigenvalue weighted by atomic mass is 16.5. The summed E-state index contributed by atoms with van der Waals surface area (Å²) in [5.41, 5.74) is 0.236. The van der Waals surface area contributed by atoms with Crippen molar-refractivity contribution in [3.05, 3.63) is 48.4 Å². The third-order valence-corrected chi connectivity index (χ3v) is 5.29. The van der Waals surface area contributed by atoms with Crippen LogP contribution in [0.15, 0.2) is 42.9 Å². The lowest BCUT2D eigenvalue weighted by atomic mass is 9.89. The molecule has 2 atom stereocenters. The molecular weight excluding hydrogens is 332 g/mol. The van der Waals surface area contributed by atoms with Crippen molar-refractivity contribution in [1.82, 2.24) is 20.1 Å². The Morgan fingerprint density at radius 3 is 3.08 bits per heavy atom. The molecule has 1 aliphatic carbocycles. The number of ether oxygens (including phenoxy) is 2. The minimum Gasteiger partial charge on any atom is -0.477 e. The summed E-state index contributed by atoms with van der Waals surface area (Å²) in [6.07, 6.45) is 7.84. The molecule has 0 bridgehead atoms. The second kappa shape index (κ2) is 7.37. The molecule has 3 heterocycles. The molecule has 1 amide bonds. The molecule has 2 aromatic rings. The first-order valence-electron chi connectivity index (χ1n) is 9.01. The molecule has 2 fully saturated rings. The first kappa shape index (κ1) is 16.9. The number of morpholine rings is 1. The Morgan fingerprint density at radius 1 is 1.31 bits per heavy atom. The Hall–Kier alpha value is -2.54. The van der Waals surface area contributed by atoms with Gasteiger partial charge in [0.15, 0.2) is 0 Å². The van der Waals surface area contributed by atoms with Crippen molar-refractivity contribution in [2.75, 3.05) is 26.3 Å². The summed E-state index contributed by atoms with van der Waals surface area (Å²) in [5.74, 6) is 0.857. The van der Waals surface area contributed by atoms with Gasteiger partial charge in [-0.2, -0.15) is 10.2 Å². The van der Waals surface area contributed by atoms with Gasteiger partial charge in [-0.15, -0.1) is 0 Å². The lowest BCUT2D eigenvalue weighted by Crippen LogP contribution is -2.56. The van der Waals surface area contributed by atoms with E-state index in [-0.39, 0.29) is 17.4 Å². The van der Waals surface area contributed by atoms with Crippen LogP contribution in [0, 0.1) is 5.92 Å². The van der Waals surface area contributed by atoms with Crippen molar-refractivity contribution in [3.8, 4) is 5.88 Å². The van der Waals surface area contributed by atoms with E-state index in [1.807, 2.05) is 23.1 Å². The number of pyridine rings is 1. The Morgan fingerprint density at radius 2 is 2.27 bits per heavy atom. The van der Waals surface area contributed by atoms with Crippen LogP contribution < -0.4 is 4.74 Å². The van der Waals surface area contributed by atoms with Gasteiger partial charge in [0.25, 0.3) is 5.91 Å². The maximum absolute atomic E-state index is 12.8. The van der Waals surface area contributed by atoms with Gasteiger partial charge in [-0.05, 0) is 31.4 Å². The number of nitrogens with zero attached hydrogens (tertiary/aromatic N) is 4. The second-order valence-electron chi connectivity index (χ2n) is 6.84. The SMILES string of the molecule is O=C(c1ccnnc1)N1CCO[C@]2(CCC[C@@H]2COc2ccccn2)C1. The summed E-state index contributed by atoms with van der Waals surface area (Å²) in [6, 6.07) is 7.34. The van der Waals surface area contributed by atoms with Crippen molar-refractivity contribution < 1.29 is 14.3 Å². The standard InChI is InChI=1S/C19H22N4O3/c24-18(15-6-9-21-22-12-15)23-10-11-26-19(14-23)7-3-4-16(19)13-25-17-5-1-2-8-20-17/h1-2,5-6,8-9,12,16H,3-4,7,10-11,13-14H2/t16-,19-/m1/s1. The number of aromatic nitrogens is 3. The summed E-state index contributed by atoms with van der Waals surface area (Å²) >= 11 is 0. The summed E-state index contributed by atoms with van der Waals surface area (Å²) < 4.78 is 12.1. The summed E-state index contributed by atoms with van der Waals surface area (Å²) in [4.78, 5) is 18.9. The minimum atomic E-state index is -0.330. The van der Waals surface area contributed by atoms with Crippen LogP contribution in [0.1, 0.15) is 29.6 Å². The molecule has 26 heavy (non-hydrogen) atoms. The molecule has 7 heteroatoms. The molecule has 2 aromatic heterocycles. The van der Waals surface area contributed by atoms with Crippen LogP contribution in [0.5, 0.6) is 5.88 Å². The van der Waals surface area contributed by atoms with Crippen molar-refractivity contribution in [2.24, 2.45) is 5.92 Å². The molecule has 136 valence electrons. The Balaban J connectivity index is 1.45. The van der Waals surface area contributed by atoms with Crippen LogP contribution in [-0.4, -0.2) is 57.9 Å². The Bertz CT molecular complexity index is 743. The molecule has 0 aromatic carbocycles. The third-order valence-electron chi connectivity index (χ3n) is 5.29. The number of rotatable bonds is 4. The smallest absolute Gasteiger partial charge is 0.255 e. The van der Waals surface area contributed by atoms with E-state index in [4.69, 9.17) is 9.47 Å². The molecule has 1 saturated carbocycles. The second-order valence-corrected chi connectivity index (χ2v) is 6.84. The monoisotopic (exact) mass is 354 g/mol. The van der Waals surface area contributed by atoms with Gasteiger partial charge in [-0.1, -0.05) is 6.07 Å². The van der Waals surface area contributed by atoms with E-state index in [1.54, 1.807) is 18.5 Å². The van der Waals surface area contributed by atoms with Gasteiger partial charge >= 0.3 is 0 Å². The van der Waals surface area contributed by atoms with Gasteiger partial charge in [0.2, 0.25) is 5.88 Å². The number of hydrogen-bond acceptors (Lipinski definition) is 6. The fraction of sp³-hybridized carbons (Fsp3) is 0.474. The van der Waals surface area contributed by atoms with Crippen molar-refractivity contribution >= 4 is 5.91 Å². The molecule has 0 radical (unpaired) electrons. The van der Waals surface area contributed by atoms with Crippen molar-refractivity contribution in [3.63, 3.8) is 0 Å². The molecule has 1 saturated heterocycles. The molecule has 0 unspecified atom stereocenters. The Kier molecular flexibility index (Phi) is 4.79. The first-order valence-corrected chi connectivity index (χ1v) is 9.01. The molecule has 7 nitrogen and oxygen atoms in total. The van der Waals surface area contributed by atoms with Crippen LogP contribution in [0.4, 0.5) is 0 Å². The van der Waals surface area contributed by atoms with E-state index < -0.39 is 0 Å². The average Bonchev–Trinajstić information content (AvgIpc) is 3.08. The lowest BCUT2D eigenvalue weighted by molar-refractivity contribution is -0.127. The van der Waals surface area contributed by atoms with E-state index in [2.05, 4.69) is 15.2 Å². The zero-order chi connectivity index (χ0) is 17.8. The molecule has 1 spiro atoms. The predicted octanol–water partition coefficient (Wildman–Crippen LogP) is 1.96. The maximum Gasteiger partial charge on any atom is 0.255 e. The van der Waals surface area contributed by atoms with E-state index in [1.165, 1.54) is 6.20 Å². The van der Waals surface area contributed by atoms with Crippen molar-refractivity contribution in [2.45, 2.75) is 24.9 Å². The normalized spacial score (nSPS) is 25.4. The van der Waals surface area contributed by atoms with E-state index in [0.29, 0.717) is 37.7 Å². The van der Waals surface area contributed by atoms with Gasteiger partial charge in [-0.3, -0.25) is 4.79 Å². The molecule has 0 N–H and O–H groups in total. The number of carbonyl (C=O) groups excluding carboxylic acids is 1. The highest BCUT2D eigenvalue weighted by Gasteiger charge is 2.48. The summed E-state index contributed by atoms with van der Waals surface area (Å²) in [7, 11) is 0. The van der Waals surface area contributed by atoms with Crippen LogP contribution in [0.3, 0.4) is 0 Å². The minimum absolute atomic E-state index is 0.0149. The zero-order valence-electron chi connectivity index (χ0n) is 14.6. The van der Waals surface area contributed by atoms with Crippen LogP contribution in [-0.2, 0) is 4.74 Å². The van der Waals surface area contributed by atoms with E-state index in [0.717, 1.165) is 19.3 Å². The number of amides is 1. The number of hydrogen-bond donors (Lipinski definition) is 0. The van der Waals surface area contributed by atoms with Crippen LogP contribution in [0.25, 0.3) is 0 Å². The van der Waals surface area contributed by atoms with Crippen LogP contribution in [0.2, 0.25) is 0 Å². The predicted molar refractivity (Wildman–Crippen MR) is 93.7 cm³/mol. The lowest BCUT2D eigenvalue weighted by Gasteiger charge is -2.44. The van der Waals surface area contributed by atoms with Gasteiger partial charge in [0, 0.05) is 24.7 Å². The van der Waals surface area contributed by atoms with Crippen LogP contribution >= 0.6 is 0 Å². The largest absolute Gasteiger partial charge is 0.477 e. The van der Waals surface area contributed by atoms with Crippen molar-refractivity contribution in [1.29, 1.82) is 0 Å². The topological polar surface area (TPSA) is 77.4 Å². The van der Waals surface area contributed by atoms with Gasteiger partial charge in [0.05, 0.1) is 43.3 Å². The van der Waals surface area contributed by atoms with Gasteiger partial charge < -0.3 is 14.4 Å². The fourth-order valence-electron chi connectivity index (χ4n) is 3.95. The average molecular weight is 354 g/mol. The number of carbonyl (C=O) groups is 1. The third kappa shape index (κ3) is 3.39. The maximum atomic E-state index is 12.8. The summed E-state index contributed by atoms with van der Waals surface area (Å²) in [5, 5.41) is 7.55. The molecule has 1 aliphatic heterocycles. The van der Waals surface area contributed by atoms with E-state index in [9.17, 15) is 4.79 Å². The quantitative estimate of drug-likeness (QED) is 0.835. The first-order chi connectivity index (χ1) is 12.8. The summed E-state index contributed by atoms with van der Waals surface area (Å²) in [6.45, 7) is 2.28. The Labute approximate surface area is 152 Å². The van der Waals surface area contributed by atoms with Gasteiger partial charge in [-0.25, -0.2) is 4.98 Å². The van der Waals surface area contributed by atoms with E-state index >= 15 is 0 Å². The van der Waals surface area contributed by atoms with Gasteiger partial charge in [0.1, 0.15) is 0 Å². The highest BCUT2D eigenvalue weighted by Crippen LogP contribution is 2.41.